The van der Waals surface area contributed by atoms with Gasteiger partial charge in [0.25, 0.3) is 0 Å². The number of rotatable bonds is 1. The van der Waals surface area contributed by atoms with E-state index in [1.54, 1.807) is 30.3 Å². The van der Waals surface area contributed by atoms with Crippen LogP contribution in [0.15, 0.2) is 42.0 Å². The Kier molecular flexibility index (Phi) is 2.37. The summed E-state index contributed by atoms with van der Waals surface area (Å²) in [7, 11) is 0. The number of hydrogen-bond acceptors (Lipinski definition) is 4. The molecule has 106 valence electrons. The molecule has 2 amide bonds. The molecule has 5 heteroatoms. The standard InChI is InChI=1S/C16H13NO4/c1-8-7-10-12-13(11(8)16(20)21-10)15(19)17(14(12)18)9-5-3-2-4-6-9/h2-7,10-13H,1H3/t10-,11+,12+,13-/m0/s1. The third kappa shape index (κ3) is 1.48. The Labute approximate surface area is 121 Å². The molecule has 2 bridgehead atoms. The number of amides is 2. The molecule has 2 saturated heterocycles. The minimum atomic E-state index is -0.620. The van der Waals surface area contributed by atoms with Gasteiger partial charge in [-0.1, -0.05) is 23.8 Å². The van der Waals surface area contributed by atoms with E-state index in [9.17, 15) is 14.4 Å². The van der Waals surface area contributed by atoms with Crippen molar-refractivity contribution in [1.82, 2.24) is 0 Å². The Bertz CT molecular complexity index is 693. The third-order valence-corrected chi connectivity index (χ3v) is 4.55. The quantitative estimate of drug-likeness (QED) is 0.442. The average molecular weight is 283 g/mol. The molecular formula is C16H13NO4. The number of anilines is 1. The Morgan fingerprint density at radius 1 is 1.00 bits per heavy atom. The van der Waals surface area contributed by atoms with Crippen molar-refractivity contribution in [2.75, 3.05) is 4.90 Å². The molecule has 4 aliphatic rings. The van der Waals surface area contributed by atoms with Crippen LogP contribution in [0.25, 0.3) is 0 Å². The van der Waals surface area contributed by atoms with Crippen molar-refractivity contribution in [3.8, 4) is 0 Å². The van der Waals surface area contributed by atoms with Gasteiger partial charge in [-0.2, -0.15) is 0 Å². The van der Waals surface area contributed by atoms with Gasteiger partial charge in [-0.3, -0.25) is 14.4 Å². The van der Waals surface area contributed by atoms with Crippen LogP contribution in [0, 0.1) is 17.8 Å². The van der Waals surface area contributed by atoms with Crippen molar-refractivity contribution in [3.05, 3.63) is 42.0 Å². The van der Waals surface area contributed by atoms with Gasteiger partial charge >= 0.3 is 5.97 Å². The van der Waals surface area contributed by atoms with Crippen LogP contribution >= 0.6 is 0 Å². The fourth-order valence-corrected chi connectivity index (χ4v) is 3.64. The highest BCUT2D eigenvalue weighted by atomic mass is 16.5. The highest BCUT2D eigenvalue weighted by Gasteiger charge is 2.62. The molecular weight excluding hydrogens is 270 g/mol. The van der Waals surface area contributed by atoms with E-state index in [-0.39, 0.29) is 11.8 Å². The first kappa shape index (κ1) is 12.3. The van der Waals surface area contributed by atoms with E-state index in [1.807, 2.05) is 13.0 Å². The maximum atomic E-state index is 12.7. The fraction of sp³-hybridized carbons (Fsp3) is 0.312. The smallest absolute Gasteiger partial charge is 0.314 e. The second-order valence-electron chi connectivity index (χ2n) is 5.69. The maximum absolute atomic E-state index is 12.7. The Morgan fingerprint density at radius 2 is 1.67 bits per heavy atom. The van der Waals surface area contributed by atoms with Gasteiger partial charge in [-0.15, -0.1) is 0 Å². The summed E-state index contributed by atoms with van der Waals surface area (Å²) in [5, 5.41) is 0. The summed E-state index contributed by atoms with van der Waals surface area (Å²) in [5.74, 6) is -2.78. The molecule has 1 aromatic carbocycles. The molecule has 3 aliphatic heterocycles. The van der Waals surface area contributed by atoms with Gasteiger partial charge in [0.2, 0.25) is 11.8 Å². The van der Waals surface area contributed by atoms with Crippen LogP contribution in [0.5, 0.6) is 0 Å². The van der Waals surface area contributed by atoms with Crippen LogP contribution in [0.1, 0.15) is 6.92 Å². The number of carbonyl (C=O) groups is 3. The summed E-state index contributed by atoms with van der Waals surface area (Å²) in [4.78, 5) is 38.5. The minimum Gasteiger partial charge on any atom is -0.457 e. The zero-order valence-electron chi connectivity index (χ0n) is 11.4. The molecule has 21 heavy (non-hydrogen) atoms. The van der Waals surface area contributed by atoms with Crippen LogP contribution in [0.4, 0.5) is 5.69 Å². The van der Waals surface area contributed by atoms with Gasteiger partial charge in [0.1, 0.15) is 6.10 Å². The van der Waals surface area contributed by atoms with E-state index in [1.165, 1.54) is 4.90 Å². The largest absolute Gasteiger partial charge is 0.457 e. The van der Waals surface area contributed by atoms with Crippen molar-refractivity contribution >= 4 is 23.5 Å². The highest BCUT2D eigenvalue weighted by molar-refractivity contribution is 6.23. The highest BCUT2D eigenvalue weighted by Crippen LogP contribution is 2.48. The number of imide groups is 1. The number of hydrogen-bond donors (Lipinski definition) is 0. The number of benzene rings is 1. The van der Waals surface area contributed by atoms with E-state index in [0.29, 0.717) is 5.69 Å². The molecule has 0 aromatic heterocycles. The van der Waals surface area contributed by atoms with Crippen molar-refractivity contribution in [2.24, 2.45) is 17.8 Å². The summed E-state index contributed by atoms with van der Waals surface area (Å²) < 4.78 is 5.26. The average Bonchev–Trinajstić information content (AvgIpc) is 2.73. The predicted octanol–water partition coefficient (Wildman–Crippen LogP) is 1.29. The van der Waals surface area contributed by atoms with E-state index in [0.717, 1.165) is 5.57 Å². The van der Waals surface area contributed by atoms with Crippen LogP contribution in [0.3, 0.4) is 0 Å². The van der Waals surface area contributed by atoms with Gasteiger partial charge in [0.05, 0.1) is 23.4 Å². The number of para-hydroxylation sites is 1. The summed E-state index contributed by atoms with van der Waals surface area (Å²) in [6, 6.07) is 8.81. The lowest BCUT2D eigenvalue weighted by Crippen LogP contribution is -2.50. The summed E-state index contributed by atoms with van der Waals surface area (Å²) in [5.41, 5.74) is 1.37. The van der Waals surface area contributed by atoms with Crippen molar-refractivity contribution in [2.45, 2.75) is 13.0 Å². The molecule has 4 atom stereocenters. The molecule has 5 nitrogen and oxygen atoms in total. The fourth-order valence-electron chi connectivity index (χ4n) is 3.64. The van der Waals surface area contributed by atoms with Crippen molar-refractivity contribution in [3.63, 3.8) is 0 Å². The number of nitrogens with zero attached hydrogens (tertiary/aromatic N) is 1. The zero-order chi connectivity index (χ0) is 14.7. The maximum Gasteiger partial charge on any atom is 0.314 e. The van der Waals surface area contributed by atoms with Crippen LogP contribution < -0.4 is 4.90 Å². The summed E-state index contributed by atoms with van der Waals surface area (Å²) in [6.45, 7) is 1.82. The molecule has 0 radical (unpaired) electrons. The number of ether oxygens (including phenoxy) is 1. The number of fused-ring (bicyclic) bond motifs is 1. The first-order valence-electron chi connectivity index (χ1n) is 6.91. The minimum absolute atomic E-state index is 0.276. The molecule has 5 rings (SSSR count). The van der Waals surface area contributed by atoms with Gasteiger partial charge in [-0.25, -0.2) is 4.90 Å². The Balaban J connectivity index is 1.81. The van der Waals surface area contributed by atoms with Gasteiger partial charge < -0.3 is 4.74 Å². The topological polar surface area (TPSA) is 63.7 Å². The van der Waals surface area contributed by atoms with Gasteiger partial charge in [-0.05, 0) is 25.1 Å². The van der Waals surface area contributed by atoms with Crippen LogP contribution in [0.2, 0.25) is 0 Å². The molecule has 2 fully saturated rings. The monoisotopic (exact) mass is 283 g/mol. The predicted molar refractivity (Wildman–Crippen MR) is 73.0 cm³/mol. The van der Waals surface area contributed by atoms with E-state index in [2.05, 4.69) is 0 Å². The van der Waals surface area contributed by atoms with Gasteiger partial charge in [0, 0.05) is 0 Å². The lowest BCUT2D eigenvalue weighted by Gasteiger charge is -2.39. The normalized spacial score (nSPS) is 33.9. The lowest BCUT2D eigenvalue weighted by atomic mass is 9.70. The van der Waals surface area contributed by atoms with Gasteiger partial charge in [0.15, 0.2) is 0 Å². The van der Waals surface area contributed by atoms with E-state index < -0.39 is 29.8 Å². The van der Waals surface area contributed by atoms with Crippen molar-refractivity contribution < 1.29 is 19.1 Å². The molecule has 0 spiro atoms. The molecule has 0 unspecified atom stereocenters. The lowest BCUT2D eigenvalue weighted by molar-refractivity contribution is -0.169. The van der Waals surface area contributed by atoms with E-state index in [4.69, 9.17) is 4.74 Å². The Morgan fingerprint density at radius 3 is 2.33 bits per heavy atom. The second-order valence-corrected chi connectivity index (χ2v) is 5.69. The summed E-state index contributed by atoms with van der Waals surface area (Å²) in [6.07, 6.45) is 1.19. The SMILES string of the molecule is CC1=C[C@@H]2OC(=O)[C@H]1[C@@H]1C(=O)N(c3ccccc3)C(=O)[C@@H]12. The number of carbonyl (C=O) groups excluding carboxylic acids is 3. The zero-order valence-corrected chi connectivity index (χ0v) is 11.4. The van der Waals surface area contributed by atoms with E-state index >= 15 is 0 Å². The molecule has 0 N–H and O–H groups in total. The molecule has 1 aliphatic carbocycles. The molecule has 3 heterocycles. The number of esters is 1. The second kappa shape index (κ2) is 4.04. The third-order valence-electron chi connectivity index (χ3n) is 4.55. The van der Waals surface area contributed by atoms with Crippen LogP contribution in [-0.4, -0.2) is 23.9 Å². The molecule has 1 aromatic rings. The first-order chi connectivity index (χ1) is 10.1. The Hall–Kier alpha value is -2.43. The van der Waals surface area contributed by atoms with Crippen molar-refractivity contribution in [1.29, 1.82) is 0 Å². The summed E-state index contributed by atoms with van der Waals surface area (Å²) >= 11 is 0. The van der Waals surface area contributed by atoms with Crippen LogP contribution in [-0.2, 0) is 19.1 Å². The molecule has 0 saturated carbocycles. The first-order valence-corrected chi connectivity index (χ1v) is 6.91.